The number of hydrogen-bond acceptors (Lipinski definition) is 5. The SMILES string of the molecule is CCCCN1C(=O)[C@@H](CC2(O)CCCCC2)NC(=O)C12CCN(Cc1nc3ccccc3n1C)CC2. The van der Waals surface area contributed by atoms with Crippen LogP contribution < -0.4 is 5.32 Å². The van der Waals surface area contributed by atoms with E-state index in [-0.39, 0.29) is 11.8 Å². The number of hydrogen-bond donors (Lipinski definition) is 2. The van der Waals surface area contributed by atoms with Gasteiger partial charge in [-0.2, -0.15) is 0 Å². The number of unbranched alkanes of at least 4 members (excludes halogenated alkanes) is 1. The number of carbonyl (C=O) groups excluding carboxylic acids is 2. The van der Waals surface area contributed by atoms with Crippen LogP contribution in [0.15, 0.2) is 24.3 Å². The van der Waals surface area contributed by atoms with Gasteiger partial charge in [-0.3, -0.25) is 14.5 Å². The molecular weight excluding hydrogens is 454 g/mol. The van der Waals surface area contributed by atoms with Gasteiger partial charge in [0.05, 0.1) is 23.2 Å². The molecule has 1 spiro atoms. The number of para-hydroxylation sites is 2. The molecule has 36 heavy (non-hydrogen) atoms. The van der Waals surface area contributed by atoms with Crippen molar-refractivity contribution in [2.45, 2.75) is 94.9 Å². The van der Waals surface area contributed by atoms with Crippen LogP contribution in [0.4, 0.5) is 0 Å². The highest BCUT2D eigenvalue weighted by molar-refractivity contribution is 6.00. The number of nitrogens with zero attached hydrogens (tertiary/aromatic N) is 4. The Hall–Kier alpha value is -2.45. The molecule has 3 aliphatic rings. The second-order valence-corrected chi connectivity index (χ2v) is 11.2. The lowest BCUT2D eigenvalue weighted by Gasteiger charge is -2.52. The standard InChI is InChI=1S/C28H41N5O3/c1-3-4-16-33-25(34)22(19-27(36)12-8-5-9-13-27)30-26(35)28(33)14-17-32(18-15-28)20-24-29-21-10-6-7-11-23(21)31(24)2/h6-7,10-11,22,36H,3-5,8-9,12-20H2,1-2H3,(H,30,35)/t22-/m1/s1. The third-order valence-corrected chi connectivity index (χ3v) is 8.84. The van der Waals surface area contributed by atoms with Crippen LogP contribution in [-0.4, -0.2) is 73.1 Å². The summed E-state index contributed by atoms with van der Waals surface area (Å²) in [7, 11) is 2.05. The minimum Gasteiger partial charge on any atom is -0.390 e. The summed E-state index contributed by atoms with van der Waals surface area (Å²) in [5.41, 5.74) is 0.481. The van der Waals surface area contributed by atoms with Crippen LogP contribution in [0, 0.1) is 0 Å². The van der Waals surface area contributed by atoms with Gasteiger partial charge >= 0.3 is 0 Å². The molecule has 2 aromatic rings. The van der Waals surface area contributed by atoms with Crippen LogP contribution in [0.3, 0.4) is 0 Å². The molecule has 0 unspecified atom stereocenters. The molecule has 5 rings (SSSR count). The fourth-order valence-corrected chi connectivity index (χ4v) is 6.56. The quantitative estimate of drug-likeness (QED) is 0.616. The minimum atomic E-state index is -0.845. The Balaban J connectivity index is 1.30. The number of aromatic nitrogens is 2. The summed E-state index contributed by atoms with van der Waals surface area (Å²) >= 11 is 0. The smallest absolute Gasteiger partial charge is 0.246 e. The van der Waals surface area contributed by atoms with Crippen molar-refractivity contribution < 1.29 is 14.7 Å². The Morgan fingerprint density at radius 1 is 1.08 bits per heavy atom. The number of amides is 2. The number of carbonyl (C=O) groups is 2. The largest absolute Gasteiger partial charge is 0.390 e. The van der Waals surface area contributed by atoms with Gasteiger partial charge in [0.2, 0.25) is 11.8 Å². The minimum absolute atomic E-state index is 0.00847. The molecule has 1 aromatic carbocycles. The van der Waals surface area contributed by atoms with Crippen LogP contribution in [-0.2, 0) is 23.2 Å². The van der Waals surface area contributed by atoms with E-state index in [0.29, 0.717) is 38.6 Å². The number of piperidine rings is 1. The lowest BCUT2D eigenvalue weighted by Crippen LogP contribution is -2.73. The fraction of sp³-hybridized carbons (Fsp3) is 0.679. The summed E-state index contributed by atoms with van der Waals surface area (Å²) < 4.78 is 2.14. The van der Waals surface area contributed by atoms with E-state index in [0.717, 1.165) is 68.6 Å². The number of aliphatic hydroxyl groups is 1. The fourth-order valence-electron chi connectivity index (χ4n) is 6.56. The van der Waals surface area contributed by atoms with Gasteiger partial charge < -0.3 is 19.9 Å². The highest BCUT2D eigenvalue weighted by Crippen LogP contribution is 2.37. The molecule has 1 saturated carbocycles. The molecule has 0 bridgehead atoms. The average Bonchev–Trinajstić information content (AvgIpc) is 3.19. The molecule has 0 radical (unpaired) electrons. The normalized spacial score (nSPS) is 24.4. The molecule has 1 aromatic heterocycles. The highest BCUT2D eigenvalue weighted by atomic mass is 16.3. The first kappa shape index (κ1) is 25.2. The number of fused-ring (bicyclic) bond motifs is 1. The van der Waals surface area contributed by atoms with Gasteiger partial charge in [0.25, 0.3) is 0 Å². The number of aryl methyl sites for hydroxylation is 1. The Morgan fingerprint density at radius 2 is 1.81 bits per heavy atom. The van der Waals surface area contributed by atoms with Crippen molar-refractivity contribution in [1.82, 2.24) is 24.7 Å². The second-order valence-electron chi connectivity index (χ2n) is 11.2. The van der Waals surface area contributed by atoms with Gasteiger partial charge in [-0.1, -0.05) is 44.7 Å². The predicted octanol–water partition coefficient (Wildman–Crippen LogP) is 3.12. The molecular formula is C28H41N5O3. The lowest BCUT2D eigenvalue weighted by molar-refractivity contribution is -0.163. The molecule has 2 N–H and O–H groups in total. The average molecular weight is 496 g/mol. The number of likely N-dealkylation sites (tertiary alicyclic amines) is 1. The Kier molecular flexibility index (Phi) is 7.10. The maximum atomic E-state index is 13.8. The van der Waals surface area contributed by atoms with Crippen molar-refractivity contribution in [3.8, 4) is 0 Å². The molecule has 1 aliphatic carbocycles. The van der Waals surface area contributed by atoms with E-state index in [1.807, 2.05) is 23.1 Å². The summed E-state index contributed by atoms with van der Waals surface area (Å²) in [4.78, 5) is 36.5. The molecule has 8 nitrogen and oxygen atoms in total. The van der Waals surface area contributed by atoms with E-state index in [2.05, 4.69) is 34.8 Å². The summed E-state index contributed by atoms with van der Waals surface area (Å²) in [5.74, 6) is 0.968. The number of piperazine rings is 1. The Labute approximate surface area is 214 Å². The number of benzene rings is 1. The first-order chi connectivity index (χ1) is 17.3. The first-order valence-corrected chi connectivity index (χ1v) is 13.8. The molecule has 1 atom stereocenters. The maximum absolute atomic E-state index is 13.8. The number of rotatable bonds is 7. The summed E-state index contributed by atoms with van der Waals surface area (Å²) in [6, 6.07) is 7.53. The van der Waals surface area contributed by atoms with Crippen molar-refractivity contribution in [3.63, 3.8) is 0 Å². The van der Waals surface area contributed by atoms with Crippen molar-refractivity contribution in [2.24, 2.45) is 7.05 Å². The molecule has 2 saturated heterocycles. The van der Waals surface area contributed by atoms with E-state index >= 15 is 0 Å². The van der Waals surface area contributed by atoms with E-state index in [1.165, 1.54) is 0 Å². The van der Waals surface area contributed by atoms with Gasteiger partial charge in [-0.15, -0.1) is 0 Å². The van der Waals surface area contributed by atoms with E-state index < -0.39 is 17.2 Å². The maximum Gasteiger partial charge on any atom is 0.246 e. The first-order valence-electron chi connectivity index (χ1n) is 13.8. The zero-order valence-corrected chi connectivity index (χ0v) is 21.8. The molecule has 3 heterocycles. The molecule has 196 valence electrons. The van der Waals surface area contributed by atoms with Gasteiger partial charge in [0, 0.05) is 33.1 Å². The third kappa shape index (κ3) is 4.65. The second kappa shape index (κ2) is 10.1. The molecule has 2 aliphatic heterocycles. The zero-order valence-electron chi connectivity index (χ0n) is 21.8. The monoisotopic (exact) mass is 495 g/mol. The van der Waals surface area contributed by atoms with E-state index in [9.17, 15) is 14.7 Å². The topological polar surface area (TPSA) is 90.7 Å². The van der Waals surface area contributed by atoms with Gasteiger partial charge in [0.1, 0.15) is 17.4 Å². The van der Waals surface area contributed by atoms with Gasteiger partial charge in [-0.25, -0.2) is 4.98 Å². The number of imidazole rings is 1. The van der Waals surface area contributed by atoms with Crippen molar-refractivity contribution in [1.29, 1.82) is 0 Å². The third-order valence-electron chi connectivity index (χ3n) is 8.84. The van der Waals surface area contributed by atoms with Crippen LogP contribution in [0.2, 0.25) is 0 Å². The number of nitrogens with one attached hydrogen (secondary N) is 1. The van der Waals surface area contributed by atoms with E-state index in [4.69, 9.17) is 4.98 Å². The summed E-state index contributed by atoms with van der Waals surface area (Å²) in [5, 5.41) is 14.2. The zero-order chi connectivity index (χ0) is 25.3. The Morgan fingerprint density at radius 3 is 2.50 bits per heavy atom. The summed E-state index contributed by atoms with van der Waals surface area (Å²) in [6.45, 7) is 4.91. The van der Waals surface area contributed by atoms with Crippen LogP contribution in [0.5, 0.6) is 0 Å². The van der Waals surface area contributed by atoms with Crippen molar-refractivity contribution in [2.75, 3.05) is 19.6 Å². The van der Waals surface area contributed by atoms with Crippen LogP contribution in [0.25, 0.3) is 11.0 Å². The van der Waals surface area contributed by atoms with Crippen LogP contribution >= 0.6 is 0 Å². The lowest BCUT2D eigenvalue weighted by atomic mass is 9.77. The van der Waals surface area contributed by atoms with Crippen molar-refractivity contribution in [3.05, 3.63) is 30.1 Å². The highest BCUT2D eigenvalue weighted by Gasteiger charge is 2.54. The van der Waals surface area contributed by atoms with Crippen molar-refractivity contribution >= 4 is 22.8 Å². The summed E-state index contributed by atoms with van der Waals surface area (Å²) in [6.07, 6.45) is 7.93. The van der Waals surface area contributed by atoms with E-state index in [1.54, 1.807) is 0 Å². The molecule has 3 fully saturated rings. The Bertz CT molecular complexity index is 1100. The van der Waals surface area contributed by atoms with Crippen LogP contribution in [0.1, 0.15) is 77.0 Å². The van der Waals surface area contributed by atoms with Gasteiger partial charge in [-0.05, 0) is 44.2 Å². The molecule has 8 heteroatoms. The van der Waals surface area contributed by atoms with Gasteiger partial charge in [0.15, 0.2) is 0 Å². The molecule has 2 amide bonds. The predicted molar refractivity (Wildman–Crippen MR) is 139 cm³/mol.